The van der Waals surface area contributed by atoms with Gasteiger partial charge in [-0.15, -0.1) is 0 Å². The summed E-state index contributed by atoms with van der Waals surface area (Å²) in [6.45, 7) is 0.985. The van der Waals surface area contributed by atoms with E-state index in [0.29, 0.717) is 29.8 Å². The van der Waals surface area contributed by atoms with Crippen LogP contribution in [-0.4, -0.2) is 30.1 Å². The highest BCUT2D eigenvalue weighted by Crippen LogP contribution is 2.20. The SMILES string of the molecule is O=C(NCCOC1CCCCC1)c1cc(Cl)ncc1Cl. The molecular weight excluding hydrogens is 299 g/mol. The second kappa shape index (κ2) is 7.81. The summed E-state index contributed by atoms with van der Waals surface area (Å²) in [5, 5.41) is 3.31. The summed E-state index contributed by atoms with van der Waals surface area (Å²) in [7, 11) is 0. The van der Waals surface area contributed by atoms with Crippen molar-refractivity contribution in [2.75, 3.05) is 13.2 Å². The highest BCUT2D eigenvalue weighted by atomic mass is 35.5. The normalized spacial score (nSPS) is 16.1. The summed E-state index contributed by atoms with van der Waals surface area (Å²) in [6, 6.07) is 1.46. The van der Waals surface area contributed by atoms with Gasteiger partial charge in [-0.2, -0.15) is 0 Å². The van der Waals surface area contributed by atoms with Crippen molar-refractivity contribution < 1.29 is 9.53 Å². The molecule has 1 aromatic heterocycles. The number of rotatable bonds is 5. The van der Waals surface area contributed by atoms with Gasteiger partial charge in [0.1, 0.15) is 5.15 Å². The Hall–Kier alpha value is -0.840. The molecule has 1 saturated carbocycles. The predicted octanol–water partition coefficient (Wildman–Crippen LogP) is 3.47. The minimum Gasteiger partial charge on any atom is -0.376 e. The number of aromatic nitrogens is 1. The standard InChI is InChI=1S/C14H18Cl2N2O2/c15-12-9-18-13(16)8-11(12)14(19)17-6-7-20-10-4-2-1-3-5-10/h8-10H,1-7H2,(H,17,19). The number of amides is 1. The smallest absolute Gasteiger partial charge is 0.253 e. The topological polar surface area (TPSA) is 51.2 Å². The first-order valence-corrected chi connectivity index (χ1v) is 7.63. The van der Waals surface area contributed by atoms with Crippen molar-refractivity contribution in [3.8, 4) is 0 Å². The van der Waals surface area contributed by atoms with E-state index in [0.717, 1.165) is 12.8 Å². The van der Waals surface area contributed by atoms with Gasteiger partial charge in [-0.1, -0.05) is 42.5 Å². The molecule has 0 aliphatic heterocycles. The summed E-state index contributed by atoms with van der Waals surface area (Å²) < 4.78 is 5.74. The first-order chi connectivity index (χ1) is 9.66. The van der Waals surface area contributed by atoms with Crippen LogP contribution < -0.4 is 5.32 Å². The summed E-state index contributed by atoms with van der Waals surface area (Å²) in [6.07, 6.45) is 7.75. The molecule has 1 aliphatic rings. The third kappa shape index (κ3) is 4.62. The molecule has 1 aromatic rings. The van der Waals surface area contributed by atoms with Crippen LogP contribution in [-0.2, 0) is 4.74 Å². The van der Waals surface area contributed by atoms with E-state index in [1.54, 1.807) is 0 Å². The fourth-order valence-corrected chi connectivity index (χ4v) is 2.65. The molecule has 6 heteroatoms. The van der Waals surface area contributed by atoms with E-state index in [1.165, 1.54) is 31.5 Å². The lowest BCUT2D eigenvalue weighted by Gasteiger charge is -2.22. The fourth-order valence-electron chi connectivity index (χ4n) is 2.30. The molecule has 0 saturated heterocycles. The number of hydrogen-bond donors (Lipinski definition) is 1. The number of ether oxygens (including phenoxy) is 1. The highest BCUT2D eigenvalue weighted by molar-refractivity contribution is 6.35. The Labute approximate surface area is 128 Å². The third-order valence-electron chi connectivity index (χ3n) is 3.36. The molecule has 0 aromatic carbocycles. The third-order valence-corrected chi connectivity index (χ3v) is 3.87. The van der Waals surface area contributed by atoms with E-state index in [4.69, 9.17) is 27.9 Å². The summed E-state index contributed by atoms with van der Waals surface area (Å²) in [4.78, 5) is 15.7. The average molecular weight is 317 g/mol. The van der Waals surface area contributed by atoms with Gasteiger partial charge in [0.05, 0.1) is 23.3 Å². The largest absolute Gasteiger partial charge is 0.376 e. The average Bonchev–Trinajstić information content (AvgIpc) is 2.47. The predicted molar refractivity (Wildman–Crippen MR) is 79.4 cm³/mol. The van der Waals surface area contributed by atoms with Gasteiger partial charge >= 0.3 is 0 Å². The zero-order valence-corrected chi connectivity index (χ0v) is 12.7. The van der Waals surface area contributed by atoms with Crippen molar-refractivity contribution in [2.24, 2.45) is 0 Å². The second-order valence-corrected chi connectivity index (χ2v) is 5.67. The van der Waals surface area contributed by atoms with Crippen LogP contribution in [0.5, 0.6) is 0 Å². The Morgan fingerprint density at radius 1 is 1.35 bits per heavy atom. The molecule has 1 heterocycles. The first kappa shape index (κ1) is 15.5. The Kier molecular flexibility index (Phi) is 6.07. The fraction of sp³-hybridized carbons (Fsp3) is 0.571. The van der Waals surface area contributed by atoms with Crippen molar-refractivity contribution in [2.45, 2.75) is 38.2 Å². The molecule has 110 valence electrons. The zero-order valence-electron chi connectivity index (χ0n) is 11.2. The number of nitrogens with zero attached hydrogens (tertiary/aromatic N) is 1. The van der Waals surface area contributed by atoms with Crippen LogP contribution in [0.25, 0.3) is 0 Å². The molecule has 0 atom stereocenters. The van der Waals surface area contributed by atoms with Gasteiger partial charge in [0, 0.05) is 12.7 Å². The van der Waals surface area contributed by atoms with Crippen molar-refractivity contribution in [3.63, 3.8) is 0 Å². The number of nitrogens with one attached hydrogen (secondary N) is 1. The van der Waals surface area contributed by atoms with Crippen LogP contribution in [0.1, 0.15) is 42.5 Å². The van der Waals surface area contributed by atoms with Gasteiger partial charge in [0.15, 0.2) is 0 Å². The number of carbonyl (C=O) groups excluding carboxylic acids is 1. The number of hydrogen-bond acceptors (Lipinski definition) is 3. The Bertz CT molecular complexity index is 462. The van der Waals surface area contributed by atoms with Crippen LogP contribution in [0.3, 0.4) is 0 Å². The minimum absolute atomic E-state index is 0.248. The van der Waals surface area contributed by atoms with E-state index in [1.807, 2.05) is 0 Å². The lowest BCUT2D eigenvalue weighted by Crippen LogP contribution is -2.29. The van der Waals surface area contributed by atoms with Crippen LogP contribution in [0, 0.1) is 0 Å². The number of carbonyl (C=O) groups is 1. The van der Waals surface area contributed by atoms with Crippen molar-refractivity contribution in [1.29, 1.82) is 0 Å². The van der Waals surface area contributed by atoms with E-state index >= 15 is 0 Å². The first-order valence-electron chi connectivity index (χ1n) is 6.87. The monoisotopic (exact) mass is 316 g/mol. The van der Waals surface area contributed by atoms with Gasteiger partial charge in [0.25, 0.3) is 5.91 Å². The lowest BCUT2D eigenvalue weighted by molar-refractivity contribution is 0.0299. The molecule has 0 spiro atoms. The van der Waals surface area contributed by atoms with E-state index in [2.05, 4.69) is 10.3 Å². The minimum atomic E-state index is -0.258. The van der Waals surface area contributed by atoms with Gasteiger partial charge < -0.3 is 10.1 Å². The molecule has 1 amide bonds. The van der Waals surface area contributed by atoms with E-state index in [-0.39, 0.29) is 11.1 Å². The van der Waals surface area contributed by atoms with Crippen LogP contribution in [0.15, 0.2) is 12.3 Å². The van der Waals surface area contributed by atoms with Crippen LogP contribution >= 0.6 is 23.2 Å². The summed E-state index contributed by atoms with van der Waals surface area (Å²) in [5.74, 6) is -0.258. The van der Waals surface area contributed by atoms with Crippen molar-refractivity contribution in [3.05, 3.63) is 28.0 Å². The van der Waals surface area contributed by atoms with Gasteiger partial charge in [-0.25, -0.2) is 4.98 Å². The highest BCUT2D eigenvalue weighted by Gasteiger charge is 2.14. The van der Waals surface area contributed by atoms with Gasteiger partial charge in [-0.3, -0.25) is 4.79 Å². The molecule has 1 N–H and O–H groups in total. The Balaban J connectivity index is 1.73. The molecule has 20 heavy (non-hydrogen) atoms. The van der Waals surface area contributed by atoms with Gasteiger partial charge in [-0.05, 0) is 18.9 Å². The van der Waals surface area contributed by atoms with Crippen LogP contribution in [0.2, 0.25) is 10.2 Å². The molecule has 1 aliphatic carbocycles. The van der Waals surface area contributed by atoms with Crippen LogP contribution in [0.4, 0.5) is 0 Å². The molecule has 4 nitrogen and oxygen atoms in total. The maximum absolute atomic E-state index is 11.9. The Morgan fingerprint density at radius 3 is 2.85 bits per heavy atom. The van der Waals surface area contributed by atoms with Gasteiger partial charge in [0.2, 0.25) is 0 Å². The van der Waals surface area contributed by atoms with Crippen molar-refractivity contribution >= 4 is 29.1 Å². The Morgan fingerprint density at radius 2 is 2.10 bits per heavy atom. The molecular formula is C14H18Cl2N2O2. The number of pyridine rings is 1. The van der Waals surface area contributed by atoms with Crippen molar-refractivity contribution in [1.82, 2.24) is 10.3 Å². The molecule has 0 radical (unpaired) electrons. The molecule has 0 unspecified atom stereocenters. The molecule has 2 rings (SSSR count). The lowest BCUT2D eigenvalue weighted by atomic mass is 9.98. The second-order valence-electron chi connectivity index (χ2n) is 4.87. The quantitative estimate of drug-likeness (QED) is 0.668. The number of halogens is 2. The summed E-state index contributed by atoms with van der Waals surface area (Å²) >= 11 is 11.7. The maximum Gasteiger partial charge on any atom is 0.253 e. The van der Waals surface area contributed by atoms with E-state index < -0.39 is 0 Å². The summed E-state index contributed by atoms with van der Waals surface area (Å²) in [5.41, 5.74) is 0.337. The maximum atomic E-state index is 11.9. The molecule has 0 bridgehead atoms. The zero-order chi connectivity index (χ0) is 14.4. The molecule has 1 fully saturated rings. The van der Waals surface area contributed by atoms with E-state index in [9.17, 15) is 4.79 Å².